The minimum absolute atomic E-state index is 0.0296. The third kappa shape index (κ3) is 5.50. The molecule has 0 bridgehead atoms. The van der Waals surface area contributed by atoms with Crippen molar-refractivity contribution in [1.29, 1.82) is 0 Å². The van der Waals surface area contributed by atoms with E-state index in [0.29, 0.717) is 0 Å². The highest BCUT2D eigenvalue weighted by atomic mass is 19.4. The normalized spacial score (nSPS) is 15.1. The summed E-state index contributed by atoms with van der Waals surface area (Å²) in [6.07, 6.45) is 0.470. The van der Waals surface area contributed by atoms with E-state index in [1.807, 2.05) is 48.0 Å². The van der Waals surface area contributed by atoms with Gasteiger partial charge in [-0.3, -0.25) is 9.36 Å². The van der Waals surface area contributed by atoms with E-state index in [1.165, 1.54) is 12.1 Å². The van der Waals surface area contributed by atoms with Crippen LogP contribution in [0.5, 0.6) is 0 Å². The number of carbonyl (C=O) groups excluding carboxylic acids is 1. The molecule has 1 aliphatic heterocycles. The molecule has 7 nitrogen and oxygen atoms in total. The molecule has 0 saturated carbocycles. The minimum atomic E-state index is -4.54. The molecule has 10 heteroatoms. The number of aromatic nitrogens is 3. The number of fused-ring (bicyclic) bond motifs is 1. The van der Waals surface area contributed by atoms with Crippen molar-refractivity contribution in [2.45, 2.75) is 31.5 Å². The van der Waals surface area contributed by atoms with Crippen LogP contribution in [-0.2, 0) is 17.4 Å². The predicted octanol–water partition coefficient (Wildman–Crippen LogP) is 5.15. The molecule has 4 aromatic rings. The Bertz CT molecular complexity index is 1420. The summed E-state index contributed by atoms with van der Waals surface area (Å²) in [6, 6.07) is 15.1. The largest absolute Gasteiger partial charge is 0.418 e. The molecule has 1 N–H and O–H groups in total. The third-order valence-corrected chi connectivity index (χ3v) is 7.09. The topological polar surface area (TPSA) is 66.3 Å². The number of benzene rings is 2. The lowest BCUT2D eigenvalue weighted by Crippen LogP contribution is -2.42. The van der Waals surface area contributed by atoms with Gasteiger partial charge in [-0.15, -0.1) is 0 Å². The number of anilines is 2. The number of hydrogen-bond donors (Lipinski definition) is 1. The fraction of sp³-hybridized carbons (Fsp3) is 0.321. The number of carbonyl (C=O) groups is 1. The number of rotatable bonds is 6. The number of nitrogens with zero attached hydrogens (tertiary/aromatic N) is 5. The van der Waals surface area contributed by atoms with Gasteiger partial charge in [-0.1, -0.05) is 12.1 Å². The summed E-state index contributed by atoms with van der Waals surface area (Å²) >= 11 is 0. The van der Waals surface area contributed by atoms with Crippen molar-refractivity contribution >= 4 is 28.4 Å². The lowest BCUT2D eigenvalue weighted by atomic mass is 10.0. The molecule has 1 aliphatic rings. The van der Waals surface area contributed by atoms with Gasteiger partial charge in [0.05, 0.1) is 12.0 Å². The standard InChI is InChI=1S/C28H29F3N6O/c1-35-14-11-21(12-15-35)36(2)25-10-7-20(17-23(25)28(29,30)31)34-26(38)16-19-5-8-22(9-6-19)37-18-33-24-4-3-13-32-27(24)37/h3-10,13,17-18,21H,11-12,14-16H2,1-2H3,(H,34,38). The number of amides is 1. The van der Waals surface area contributed by atoms with Gasteiger partial charge in [0.1, 0.15) is 11.8 Å². The van der Waals surface area contributed by atoms with E-state index in [2.05, 4.69) is 20.2 Å². The number of piperidine rings is 1. The second-order valence-electron chi connectivity index (χ2n) is 9.73. The molecule has 0 aliphatic carbocycles. The number of hydrogen-bond acceptors (Lipinski definition) is 5. The zero-order valence-electron chi connectivity index (χ0n) is 21.2. The predicted molar refractivity (Wildman–Crippen MR) is 142 cm³/mol. The Morgan fingerprint density at radius 1 is 1.08 bits per heavy atom. The first-order chi connectivity index (χ1) is 18.2. The zero-order valence-corrected chi connectivity index (χ0v) is 21.2. The van der Waals surface area contributed by atoms with Crippen molar-refractivity contribution in [3.8, 4) is 5.69 Å². The first kappa shape index (κ1) is 25.7. The monoisotopic (exact) mass is 522 g/mol. The Hall–Kier alpha value is -3.92. The average molecular weight is 523 g/mol. The molecule has 1 saturated heterocycles. The summed E-state index contributed by atoms with van der Waals surface area (Å²) in [7, 11) is 3.73. The van der Waals surface area contributed by atoms with Crippen molar-refractivity contribution in [3.63, 3.8) is 0 Å². The molecule has 3 heterocycles. The first-order valence-corrected chi connectivity index (χ1v) is 12.5. The van der Waals surface area contributed by atoms with Gasteiger partial charge in [-0.2, -0.15) is 13.2 Å². The summed E-state index contributed by atoms with van der Waals surface area (Å²) in [5.74, 6) is -0.392. The van der Waals surface area contributed by atoms with Gasteiger partial charge < -0.3 is 15.1 Å². The smallest absolute Gasteiger partial charge is 0.371 e. The minimum Gasteiger partial charge on any atom is -0.371 e. The maximum atomic E-state index is 14.0. The van der Waals surface area contributed by atoms with Crippen molar-refractivity contribution in [2.24, 2.45) is 0 Å². The Kier molecular flexibility index (Phi) is 7.07. The molecule has 1 amide bonds. The number of imidazole rings is 1. The maximum Gasteiger partial charge on any atom is 0.418 e. The van der Waals surface area contributed by atoms with Crippen LogP contribution in [0.3, 0.4) is 0 Å². The van der Waals surface area contributed by atoms with Crippen molar-refractivity contribution in [2.75, 3.05) is 37.4 Å². The van der Waals surface area contributed by atoms with E-state index in [0.717, 1.165) is 54.4 Å². The number of likely N-dealkylation sites (tertiary alicyclic amines) is 1. The fourth-order valence-corrected chi connectivity index (χ4v) is 4.93. The molecule has 5 rings (SSSR count). The lowest BCUT2D eigenvalue weighted by Gasteiger charge is -2.37. The van der Waals surface area contributed by atoms with Crippen molar-refractivity contribution in [3.05, 3.63) is 78.2 Å². The van der Waals surface area contributed by atoms with Crippen LogP contribution in [-0.4, -0.2) is 58.6 Å². The Morgan fingerprint density at radius 3 is 2.53 bits per heavy atom. The number of alkyl halides is 3. The van der Waals surface area contributed by atoms with E-state index in [9.17, 15) is 18.0 Å². The summed E-state index contributed by atoms with van der Waals surface area (Å²) in [6.45, 7) is 1.70. The van der Waals surface area contributed by atoms with E-state index in [4.69, 9.17) is 0 Å². The summed E-state index contributed by atoms with van der Waals surface area (Å²) < 4.78 is 43.8. The van der Waals surface area contributed by atoms with E-state index in [1.54, 1.807) is 24.5 Å². The quantitative estimate of drug-likeness (QED) is 0.379. The third-order valence-electron chi connectivity index (χ3n) is 7.09. The lowest BCUT2D eigenvalue weighted by molar-refractivity contribution is -0.137. The van der Waals surface area contributed by atoms with Crippen LogP contribution < -0.4 is 10.2 Å². The fourth-order valence-electron chi connectivity index (χ4n) is 4.93. The first-order valence-electron chi connectivity index (χ1n) is 12.5. The van der Waals surface area contributed by atoms with Crippen LogP contribution in [0.25, 0.3) is 16.9 Å². The molecule has 198 valence electrons. The summed E-state index contributed by atoms with van der Waals surface area (Å²) in [5.41, 5.74) is 2.58. The van der Waals surface area contributed by atoms with Gasteiger partial charge >= 0.3 is 6.18 Å². The SMILES string of the molecule is CN1CCC(N(C)c2ccc(NC(=O)Cc3ccc(-n4cnc5cccnc54)cc3)cc2C(F)(F)F)CC1. The van der Waals surface area contributed by atoms with Gasteiger partial charge in [0.15, 0.2) is 5.65 Å². The molecule has 0 unspecified atom stereocenters. The van der Waals surface area contributed by atoms with Crippen LogP contribution in [0.15, 0.2) is 67.1 Å². The molecule has 2 aromatic carbocycles. The molecule has 1 fully saturated rings. The van der Waals surface area contributed by atoms with Crippen LogP contribution >= 0.6 is 0 Å². The van der Waals surface area contributed by atoms with Gasteiger partial charge in [0.25, 0.3) is 0 Å². The van der Waals surface area contributed by atoms with Gasteiger partial charge in [-0.05, 0) is 81.0 Å². The molecular formula is C28H29F3N6O. The second-order valence-corrected chi connectivity index (χ2v) is 9.73. The average Bonchev–Trinajstić information content (AvgIpc) is 3.33. The molecule has 2 aromatic heterocycles. The summed E-state index contributed by atoms with van der Waals surface area (Å²) in [4.78, 5) is 25.3. The number of pyridine rings is 1. The number of halogens is 3. The highest BCUT2D eigenvalue weighted by molar-refractivity contribution is 5.92. The molecular weight excluding hydrogens is 493 g/mol. The zero-order chi connectivity index (χ0) is 26.9. The van der Waals surface area contributed by atoms with E-state index in [-0.39, 0.29) is 23.8 Å². The van der Waals surface area contributed by atoms with Crippen LogP contribution in [0.4, 0.5) is 24.5 Å². The molecule has 0 spiro atoms. The Morgan fingerprint density at radius 2 is 1.82 bits per heavy atom. The highest BCUT2D eigenvalue weighted by Gasteiger charge is 2.36. The van der Waals surface area contributed by atoms with Gasteiger partial charge in [0.2, 0.25) is 5.91 Å². The van der Waals surface area contributed by atoms with Crippen LogP contribution in [0, 0.1) is 0 Å². The van der Waals surface area contributed by atoms with E-state index < -0.39 is 17.6 Å². The van der Waals surface area contributed by atoms with Gasteiger partial charge in [0, 0.05) is 36.3 Å². The molecule has 0 radical (unpaired) electrons. The van der Waals surface area contributed by atoms with Gasteiger partial charge in [-0.25, -0.2) is 9.97 Å². The summed E-state index contributed by atoms with van der Waals surface area (Å²) in [5, 5.41) is 2.63. The van der Waals surface area contributed by atoms with Crippen LogP contribution in [0.2, 0.25) is 0 Å². The van der Waals surface area contributed by atoms with Crippen LogP contribution in [0.1, 0.15) is 24.0 Å². The number of nitrogens with one attached hydrogen (secondary N) is 1. The second kappa shape index (κ2) is 10.4. The molecule has 38 heavy (non-hydrogen) atoms. The molecule has 0 atom stereocenters. The maximum absolute atomic E-state index is 14.0. The van der Waals surface area contributed by atoms with Crippen molar-refractivity contribution in [1.82, 2.24) is 19.4 Å². The van der Waals surface area contributed by atoms with Crippen molar-refractivity contribution < 1.29 is 18.0 Å². The Balaban J connectivity index is 1.28. The highest BCUT2D eigenvalue weighted by Crippen LogP contribution is 2.39. The Labute approximate surface area is 218 Å². The van der Waals surface area contributed by atoms with E-state index >= 15 is 0 Å².